The van der Waals surface area contributed by atoms with Crippen molar-refractivity contribution in [2.75, 3.05) is 68.2 Å². The number of likely N-dealkylation sites (tertiary alicyclic amines) is 2. The van der Waals surface area contributed by atoms with Crippen LogP contribution in [-0.2, 0) is 32.0 Å². The van der Waals surface area contributed by atoms with Crippen LogP contribution in [-0.4, -0.2) is 118 Å². The molecule has 0 saturated carbocycles. The molecule has 2 rings (SSSR count). The van der Waals surface area contributed by atoms with E-state index in [4.69, 9.17) is 22.8 Å². The van der Waals surface area contributed by atoms with E-state index in [0.717, 1.165) is 25.9 Å². The SMILES string of the molecule is CN[C@@H]1C[C@H](COP(=O)(O)OCC(OC)OP(=O)(O)OC[C@@H]2C[C@H](NC)CN2C)N(C)C1. The number of nitrogens with zero attached hydrogens (tertiary/aromatic N) is 2. The van der Waals surface area contributed by atoms with Crippen LogP contribution in [0.25, 0.3) is 0 Å². The summed E-state index contributed by atoms with van der Waals surface area (Å²) in [6.07, 6.45) is 0.136. The smallest absolute Gasteiger partial charge is 0.353 e. The number of hydrogen-bond acceptors (Lipinski definition) is 11. The van der Waals surface area contributed by atoms with Gasteiger partial charge in [-0.15, -0.1) is 0 Å². The maximum absolute atomic E-state index is 12.3. The van der Waals surface area contributed by atoms with Gasteiger partial charge in [0.1, 0.15) is 6.61 Å². The molecule has 0 amide bonds. The third-order valence-corrected chi connectivity index (χ3v) is 7.87. The molecule has 0 radical (unpaired) electrons. The van der Waals surface area contributed by atoms with E-state index in [0.29, 0.717) is 0 Å². The average Bonchev–Trinajstić information content (AvgIpc) is 3.29. The molecule has 4 N–H and O–H groups in total. The summed E-state index contributed by atoms with van der Waals surface area (Å²) in [6.45, 7) is 1.00. The van der Waals surface area contributed by atoms with Gasteiger partial charge in [0.25, 0.3) is 0 Å². The quantitative estimate of drug-likeness (QED) is 0.183. The molecule has 32 heavy (non-hydrogen) atoms. The fourth-order valence-corrected chi connectivity index (χ4v) is 5.45. The van der Waals surface area contributed by atoms with Crippen molar-refractivity contribution in [3.05, 3.63) is 0 Å². The van der Waals surface area contributed by atoms with Crippen LogP contribution in [0.2, 0.25) is 0 Å². The number of nitrogens with one attached hydrogen (secondary N) is 2. The molecule has 2 heterocycles. The summed E-state index contributed by atoms with van der Waals surface area (Å²) in [5.41, 5.74) is 0. The first kappa shape index (κ1) is 28.3. The predicted octanol–water partition coefficient (Wildman–Crippen LogP) is -0.190. The van der Waals surface area contributed by atoms with Gasteiger partial charge in [0.15, 0.2) is 6.29 Å². The number of phosphoric acid groups is 2. The summed E-state index contributed by atoms with van der Waals surface area (Å²) in [5.74, 6) is 0. The second-order valence-corrected chi connectivity index (χ2v) is 11.1. The Morgan fingerprint density at radius 2 is 1.38 bits per heavy atom. The Hall–Kier alpha value is 0.0200. The Labute approximate surface area is 189 Å². The number of rotatable bonds is 14. The van der Waals surface area contributed by atoms with E-state index in [2.05, 4.69) is 10.6 Å². The fraction of sp³-hybridized carbons (Fsp3) is 1.00. The molecule has 0 aliphatic carbocycles. The van der Waals surface area contributed by atoms with Crippen molar-refractivity contribution in [2.45, 2.75) is 43.3 Å². The van der Waals surface area contributed by atoms with Gasteiger partial charge in [-0.1, -0.05) is 0 Å². The zero-order chi connectivity index (χ0) is 23.9. The molecule has 2 aliphatic rings. The zero-order valence-corrected chi connectivity index (χ0v) is 21.2. The molecule has 2 aliphatic heterocycles. The van der Waals surface area contributed by atoms with Gasteiger partial charge < -0.3 is 25.2 Å². The lowest BCUT2D eigenvalue weighted by atomic mass is 10.2. The molecule has 7 atom stereocenters. The maximum atomic E-state index is 12.3. The topological polar surface area (TPSA) is 151 Å². The van der Waals surface area contributed by atoms with Crippen LogP contribution < -0.4 is 10.6 Å². The van der Waals surface area contributed by atoms with Crippen LogP contribution in [0.15, 0.2) is 0 Å². The molecule has 13 nitrogen and oxygen atoms in total. The van der Waals surface area contributed by atoms with E-state index in [1.165, 1.54) is 7.11 Å². The summed E-state index contributed by atoms with van der Waals surface area (Å²) < 4.78 is 49.5. The van der Waals surface area contributed by atoms with Gasteiger partial charge in [0, 0.05) is 44.4 Å². The van der Waals surface area contributed by atoms with Crippen LogP contribution >= 0.6 is 15.6 Å². The molecular weight excluding hydrogens is 466 g/mol. The Morgan fingerprint density at radius 3 is 1.78 bits per heavy atom. The van der Waals surface area contributed by atoms with E-state index >= 15 is 0 Å². The molecule has 190 valence electrons. The molecule has 2 saturated heterocycles. The average molecular weight is 504 g/mol. The second-order valence-electron chi connectivity index (χ2n) is 8.22. The first-order chi connectivity index (χ1) is 15.0. The Balaban J connectivity index is 1.75. The first-order valence-electron chi connectivity index (χ1n) is 10.5. The summed E-state index contributed by atoms with van der Waals surface area (Å²) >= 11 is 0. The van der Waals surface area contributed by atoms with Gasteiger partial charge in [0.2, 0.25) is 0 Å². The highest BCUT2D eigenvalue weighted by Gasteiger charge is 2.35. The highest BCUT2D eigenvalue weighted by Crippen LogP contribution is 2.47. The van der Waals surface area contributed by atoms with Crippen molar-refractivity contribution in [1.29, 1.82) is 0 Å². The van der Waals surface area contributed by atoms with Gasteiger partial charge in [-0.2, -0.15) is 0 Å². The lowest BCUT2D eigenvalue weighted by Crippen LogP contribution is -2.30. The molecular formula is C17H38N4O9P2. The number of methoxy groups -OCH3 is 1. The molecule has 15 heteroatoms. The predicted molar refractivity (Wildman–Crippen MR) is 117 cm³/mol. The molecule has 0 aromatic rings. The monoisotopic (exact) mass is 504 g/mol. The second kappa shape index (κ2) is 12.6. The zero-order valence-electron chi connectivity index (χ0n) is 19.4. The van der Waals surface area contributed by atoms with Gasteiger partial charge in [-0.05, 0) is 41.0 Å². The van der Waals surface area contributed by atoms with Crippen LogP contribution in [0.4, 0.5) is 0 Å². The lowest BCUT2D eigenvalue weighted by molar-refractivity contribution is -0.0995. The Kier molecular flexibility index (Phi) is 11.2. The minimum atomic E-state index is -4.48. The van der Waals surface area contributed by atoms with E-state index in [1.54, 1.807) is 0 Å². The van der Waals surface area contributed by atoms with Crippen molar-refractivity contribution in [3.63, 3.8) is 0 Å². The van der Waals surface area contributed by atoms with Crippen molar-refractivity contribution in [3.8, 4) is 0 Å². The maximum Gasteiger partial charge on any atom is 0.474 e. The van der Waals surface area contributed by atoms with E-state index in [-0.39, 0.29) is 37.4 Å². The summed E-state index contributed by atoms with van der Waals surface area (Å²) in [4.78, 5) is 24.0. The number of ether oxygens (including phenoxy) is 1. The molecule has 0 bridgehead atoms. The van der Waals surface area contributed by atoms with Crippen LogP contribution in [0.1, 0.15) is 12.8 Å². The third kappa shape index (κ3) is 8.99. The lowest BCUT2D eigenvalue weighted by Gasteiger charge is -2.24. The molecule has 0 spiro atoms. The third-order valence-electron chi connectivity index (χ3n) is 5.94. The van der Waals surface area contributed by atoms with E-state index in [1.807, 2.05) is 38.0 Å². The molecule has 0 aromatic heterocycles. The summed E-state index contributed by atoms with van der Waals surface area (Å²) in [6, 6.07) is 0.481. The molecule has 0 aromatic carbocycles. The summed E-state index contributed by atoms with van der Waals surface area (Å²) in [5, 5.41) is 6.33. The Bertz CT molecular complexity index is 676. The van der Waals surface area contributed by atoms with E-state index < -0.39 is 28.5 Å². The standard InChI is InChI=1S/C17H38N4O9P2/c1-18-13-6-15(20(3)8-13)10-27-31(22,23)29-12-17(26-5)30-32(24,25)28-11-16-7-14(19-2)9-21(16)4/h13-19H,6-12H2,1-5H3,(H,22,23)(H,24,25)/t13-,14+,15-,16+,17?/m1/s1. The Morgan fingerprint density at radius 1 is 0.906 bits per heavy atom. The normalized spacial score (nSPS) is 32.1. The number of hydrogen-bond donors (Lipinski definition) is 4. The first-order valence-corrected chi connectivity index (χ1v) is 13.5. The highest BCUT2D eigenvalue weighted by molar-refractivity contribution is 7.47. The van der Waals surface area contributed by atoms with Gasteiger partial charge in [-0.3, -0.25) is 27.9 Å². The van der Waals surface area contributed by atoms with Crippen molar-refractivity contribution in [2.24, 2.45) is 0 Å². The van der Waals surface area contributed by atoms with Gasteiger partial charge >= 0.3 is 15.6 Å². The molecule has 3 unspecified atom stereocenters. The van der Waals surface area contributed by atoms with Crippen LogP contribution in [0.3, 0.4) is 0 Å². The minimum Gasteiger partial charge on any atom is -0.353 e. The fourth-order valence-electron chi connectivity index (χ4n) is 3.84. The number of likely N-dealkylation sites (N-methyl/N-ethyl adjacent to an activating group) is 4. The number of phosphoric ester groups is 2. The van der Waals surface area contributed by atoms with Crippen molar-refractivity contribution >= 4 is 15.6 Å². The van der Waals surface area contributed by atoms with Gasteiger partial charge in [-0.25, -0.2) is 9.13 Å². The van der Waals surface area contributed by atoms with Crippen molar-refractivity contribution < 1.29 is 41.7 Å². The van der Waals surface area contributed by atoms with Crippen LogP contribution in [0.5, 0.6) is 0 Å². The van der Waals surface area contributed by atoms with Crippen LogP contribution in [0, 0.1) is 0 Å². The van der Waals surface area contributed by atoms with Gasteiger partial charge in [0.05, 0.1) is 13.2 Å². The highest BCUT2D eigenvalue weighted by atomic mass is 31.2. The van der Waals surface area contributed by atoms with Crippen molar-refractivity contribution in [1.82, 2.24) is 20.4 Å². The largest absolute Gasteiger partial charge is 0.474 e. The minimum absolute atomic E-state index is 0.00504. The summed E-state index contributed by atoms with van der Waals surface area (Å²) in [7, 11) is -0.152. The molecule has 2 fully saturated rings. The van der Waals surface area contributed by atoms with E-state index in [9.17, 15) is 18.9 Å².